The van der Waals surface area contributed by atoms with Gasteiger partial charge in [0.2, 0.25) is 5.91 Å². The van der Waals surface area contributed by atoms with Crippen molar-refractivity contribution in [2.45, 2.75) is 25.0 Å². The second-order valence-electron chi connectivity index (χ2n) is 4.47. The maximum absolute atomic E-state index is 11.7. The number of benzene rings is 1. The number of aliphatic hydroxyl groups excluding tert-OH is 1. The van der Waals surface area contributed by atoms with Gasteiger partial charge in [0.15, 0.2) is 0 Å². The van der Waals surface area contributed by atoms with Crippen LogP contribution in [0.4, 0.5) is 0 Å². The molecular formula is C13H15Cl2NO3. The van der Waals surface area contributed by atoms with Crippen molar-refractivity contribution in [2.24, 2.45) is 0 Å². The summed E-state index contributed by atoms with van der Waals surface area (Å²) in [6.45, 7) is 0.722. The van der Waals surface area contributed by atoms with Gasteiger partial charge in [-0.15, -0.1) is 0 Å². The number of nitrogens with one attached hydrogen (secondary N) is 1. The molecule has 1 aromatic carbocycles. The maximum atomic E-state index is 11.7. The Morgan fingerprint density at radius 3 is 2.68 bits per heavy atom. The topological polar surface area (TPSA) is 58.6 Å². The molecule has 0 aromatic heterocycles. The molecule has 0 spiro atoms. The van der Waals surface area contributed by atoms with Gasteiger partial charge in [-0.25, -0.2) is 0 Å². The van der Waals surface area contributed by atoms with E-state index < -0.39 is 12.2 Å². The number of carbonyl (C=O) groups excluding carboxylic acids is 1. The molecule has 1 aliphatic rings. The summed E-state index contributed by atoms with van der Waals surface area (Å²) in [5.41, 5.74) is 0.574. The minimum atomic E-state index is -0.846. The molecule has 19 heavy (non-hydrogen) atoms. The van der Waals surface area contributed by atoms with Crippen LogP contribution >= 0.6 is 23.2 Å². The zero-order valence-corrected chi connectivity index (χ0v) is 11.7. The Morgan fingerprint density at radius 2 is 2.11 bits per heavy atom. The number of halogens is 2. The molecule has 1 aromatic rings. The largest absolute Gasteiger partial charge is 0.387 e. The predicted molar refractivity (Wildman–Crippen MR) is 73.4 cm³/mol. The number of aliphatic hydroxyl groups is 1. The van der Waals surface area contributed by atoms with Crippen molar-refractivity contribution in [1.82, 2.24) is 5.32 Å². The highest BCUT2D eigenvalue weighted by atomic mass is 35.5. The summed E-state index contributed by atoms with van der Waals surface area (Å²) in [5.74, 6) is -0.190. The Bertz CT molecular complexity index is 441. The average molecular weight is 304 g/mol. The van der Waals surface area contributed by atoms with Crippen LogP contribution in [0.3, 0.4) is 0 Å². The van der Waals surface area contributed by atoms with E-state index in [1.165, 1.54) is 0 Å². The van der Waals surface area contributed by atoms with Crippen LogP contribution in [0.25, 0.3) is 0 Å². The maximum Gasteiger partial charge on any atom is 0.249 e. The van der Waals surface area contributed by atoms with E-state index in [0.29, 0.717) is 22.2 Å². The van der Waals surface area contributed by atoms with Gasteiger partial charge in [-0.1, -0.05) is 23.2 Å². The number of hydrogen-bond donors (Lipinski definition) is 2. The van der Waals surface area contributed by atoms with E-state index in [1.807, 2.05) is 0 Å². The lowest BCUT2D eigenvalue weighted by atomic mass is 10.1. The molecule has 1 heterocycles. The number of hydrogen-bond acceptors (Lipinski definition) is 3. The lowest BCUT2D eigenvalue weighted by Crippen LogP contribution is -2.36. The summed E-state index contributed by atoms with van der Waals surface area (Å²) < 4.78 is 5.26. The minimum absolute atomic E-state index is 0.107. The normalized spacial score (nSPS) is 20.3. The van der Waals surface area contributed by atoms with Gasteiger partial charge in [0, 0.05) is 23.2 Å². The molecule has 104 valence electrons. The van der Waals surface area contributed by atoms with E-state index in [4.69, 9.17) is 27.9 Å². The standard InChI is InChI=1S/C13H15Cl2NO3/c14-9-4-8(5-10(15)6-9)11(17)7-16-13(18)12-2-1-3-19-12/h4-6,11-12,17H,1-3,7H2,(H,16,18). The third-order valence-electron chi connectivity index (χ3n) is 2.96. The Morgan fingerprint density at radius 1 is 1.42 bits per heavy atom. The molecule has 1 amide bonds. The van der Waals surface area contributed by atoms with Gasteiger partial charge in [-0.2, -0.15) is 0 Å². The van der Waals surface area contributed by atoms with E-state index >= 15 is 0 Å². The molecule has 0 aliphatic carbocycles. The first-order valence-corrected chi connectivity index (χ1v) is 6.85. The second-order valence-corrected chi connectivity index (χ2v) is 5.34. The fraction of sp³-hybridized carbons (Fsp3) is 0.462. The van der Waals surface area contributed by atoms with Crippen LogP contribution in [0, 0.1) is 0 Å². The van der Waals surface area contributed by atoms with Crippen LogP contribution in [-0.2, 0) is 9.53 Å². The molecule has 2 N–H and O–H groups in total. The van der Waals surface area contributed by atoms with E-state index in [0.717, 1.165) is 12.8 Å². The number of ether oxygens (including phenoxy) is 1. The highest BCUT2D eigenvalue weighted by molar-refractivity contribution is 6.34. The van der Waals surface area contributed by atoms with Crippen molar-refractivity contribution >= 4 is 29.1 Å². The highest BCUT2D eigenvalue weighted by Gasteiger charge is 2.23. The van der Waals surface area contributed by atoms with Gasteiger partial charge >= 0.3 is 0 Å². The van der Waals surface area contributed by atoms with Gasteiger partial charge < -0.3 is 15.2 Å². The summed E-state index contributed by atoms with van der Waals surface area (Å²) in [6.07, 6.45) is 0.381. The zero-order valence-electron chi connectivity index (χ0n) is 10.2. The van der Waals surface area contributed by atoms with E-state index in [-0.39, 0.29) is 12.5 Å². The van der Waals surface area contributed by atoms with Crippen molar-refractivity contribution in [3.05, 3.63) is 33.8 Å². The first-order chi connectivity index (χ1) is 9.06. The first kappa shape index (κ1) is 14.6. The van der Waals surface area contributed by atoms with Gasteiger partial charge in [0.05, 0.1) is 6.10 Å². The number of carbonyl (C=O) groups is 1. The van der Waals surface area contributed by atoms with Crippen molar-refractivity contribution in [2.75, 3.05) is 13.2 Å². The summed E-state index contributed by atoms with van der Waals surface area (Å²) >= 11 is 11.7. The predicted octanol–water partition coefficient (Wildman–Crippen LogP) is 2.32. The van der Waals surface area contributed by atoms with Crippen LogP contribution in [0.5, 0.6) is 0 Å². The van der Waals surface area contributed by atoms with Crippen LogP contribution in [0.2, 0.25) is 10.0 Å². The van der Waals surface area contributed by atoms with Crippen molar-refractivity contribution in [1.29, 1.82) is 0 Å². The second kappa shape index (κ2) is 6.57. The van der Waals surface area contributed by atoms with Crippen LogP contribution in [0.1, 0.15) is 24.5 Å². The minimum Gasteiger partial charge on any atom is -0.387 e. The molecule has 0 bridgehead atoms. The van der Waals surface area contributed by atoms with Crippen molar-refractivity contribution in [3.8, 4) is 0 Å². The van der Waals surface area contributed by atoms with Crippen molar-refractivity contribution in [3.63, 3.8) is 0 Å². The molecule has 0 radical (unpaired) electrons. The van der Waals surface area contributed by atoms with Crippen LogP contribution in [0.15, 0.2) is 18.2 Å². The van der Waals surface area contributed by atoms with E-state index in [1.54, 1.807) is 18.2 Å². The molecule has 2 unspecified atom stereocenters. The number of rotatable bonds is 4. The molecule has 1 fully saturated rings. The molecule has 0 saturated carbocycles. The Hall–Kier alpha value is -0.810. The van der Waals surface area contributed by atoms with Gasteiger partial charge in [-0.05, 0) is 36.6 Å². The fourth-order valence-electron chi connectivity index (χ4n) is 1.98. The summed E-state index contributed by atoms with van der Waals surface area (Å²) in [5, 5.41) is 13.6. The van der Waals surface area contributed by atoms with Gasteiger partial charge in [0.1, 0.15) is 6.10 Å². The molecule has 1 aliphatic heterocycles. The summed E-state index contributed by atoms with van der Waals surface area (Å²) in [4.78, 5) is 11.7. The average Bonchev–Trinajstić information content (AvgIpc) is 2.88. The first-order valence-electron chi connectivity index (χ1n) is 6.09. The third kappa shape index (κ3) is 4.08. The summed E-state index contributed by atoms with van der Waals surface area (Å²) in [6, 6.07) is 4.83. The highest BCUT2D eigenvalue weighted by Crippen LogP contribution is 2.23. The fourth-order valence-corrected chi connectivity index (χ4v) is 2.52. The van der Waals surface area contributed by atoms with E-state index in [2.05, 4.69) is 5.32 Å². The number of amides is 1. The molecule has 2 rings (SSSR count). The quantitative estimate of drug-likeness (QED) is 0.897. The molecule has 2 atom stereocenters. The Kier molecular flexibility index (Phi) is 5.05. The SMILES string of the molecule is O=C(NCC(O)c1cc(Cl)cc(Cl)c1)C1CCCO1. The van der Waals surface area contributed by atoms with Crippen LogP contribution < -0.4 is 5.32 Å². The molecule has 1 saturated heterocycles. The smallest absolute Gasteiger partial charge is 0.249 e. The Balaban J connectivity index is 1.89. The molecule has 6 heteroatoms. The van der Waals surface area contributed by atoms with Crippen LogP contribution in [-0.4, -0.2) is 30.3 Å². The lowest BCUT2D eigenvalue weighted by molar-refractivity contribution is -0.130. The monoisotopic (exact) mass is 303 g/mol. The Labute approximate surface area is 121 Å². The van der Waals surface area contributed by atoms with Crippen molar-refractivity contribution < 1.29 is 14.6 Å². The van der Waals surface area contributed by atoms with Gasteiger partial charge in [0.25, 0.3) is 0 Å². The molecular weight excluding hydrogens is 289 g/mol. The molecule has 4 nitrogen and oxygen atoms in total. The summed E-state index contributed by atoms with van der Waals surface area (Å²) in [7, 11) is 0. The zero-order chi connectivity index (χ0) is 13.8. The van der Waals surface area contributed by atoms with E-state index in [9.17, 15) is 9.90 Å². The lowest BCUT2D eigenvalue weighted by Gasteiger charge is -2.15. The third-order valence-corrected chi connectivity index (χ3v) is 3.40. The van der Waals surface area contributed by atoms with Gasteiger partial charge in [-0.3, -0.25) is 4.79 Å².